The van der Waals surface area contributed by atoms with Gasteiger partial charge in [0.25, 0.3) is 0 Å². The molecule has 1 fully saturated rings. The summed E-state index contributed by atoms with van der Waals surface area (Å²) in [6, 6.07) is 3.92. The van der Waals surface area contributed by atoms with Crippen LogP contribution in [0.3, 0.4) is 0 Å². The maximum atomic E-state index is 9.02. The number of fused-ring (bicyclic) bond motifs is 1. The number of amidine groups is 1. The second kappa shape index (κ2) is 6.07. The fourth-order valence-electron chi connectivity index (χ4n) is 3.37. The molecule has 0 saturated carbocycles. The molecule has 0 aromatic heterocycles. The Morgan fingerprint density at radius 2 is 2.05 bits per heavy atom. The van der Waals surface area contributed by atoms with E-state index in [2.05, 4.69) is 13.0 Å². The number of nitrogens with two attached hydrogens (primary N) is 1. The van der Waals surface area contributed by atoms with Crippen LogP contribution < -0.4 is 5.73 Å². The molecule has 1 aliphatic carbocycles. The fraction of sp³-hybridized carbons (Fsp3) is 0.533. The lowest BCUT2D eigenvalue weighted by atomic mass is 9.79. The quantitative estimate of drug-likeness (QED) is 0.213. The van der Waals surface area contributed by atoms with Crippen molar-refractivity contribution in [1.29, 1.82) is 0 Å². The number of nitrogens with zero attached hydrogens (tertiary/aromatic N) is 1. The third kappa shape index (κ3) is 2.78. The summed E-state index contributed by atoms with van der Waals surface area (Å²) in [5, 5.41) is 12.2. The zero-order chi connectivity index (χ0) is 14.8. The maximum absolute atomic E-state index is 9.02. The minimum atomic E-state index is -0.270. The Balaban J connectivity index is 2.10. The van der Waals surface area contributed by atoms with Gasteiger partial charge in [-0.05, 0) is 30.4 Å². The molecule has 3 rings (SSSR count). The van der Waals surface area contributed by atoms with Gasteiger partial charge < -0.3 is 20.4 Å². The van der Waals surface area contributed by atoms with Crippen LogP contribution in [0.2, 0.25) is 5.82 Å². The Morgan fingerprint density at radius 3 is 2.76 bits per heavy atom. The van der Waals surface area contributed by atoms with E-state index in [1.807, 2.05) is 12.1 Å². The summed E-state index contributed by atoms with van der Waals surface area (Å²) >= 11 is 0. The smallest absolute Gasteiger partial charge is 0.184 e. The predicted octanol–water partition coefficient (Wildman–Crippen LogP) is 1.13. The summed E-state index contributed by atoms with van der Waals surface area (Å²) in [5.41, 5.74) is 10.2. The molecule has 1 aromatic rings. The van der Waals surface area contributed by atoms with Crippen molar-refractivity contribution >= 4 is 13.7 Å². The summed E-state index contributed by atoms with van der Waals surface area (Å²) in [5.74, 6) is 0.775. The second-order valence-electron chi connectivity index (χ2n) is 5.92. The zero-order valence-corrected chi connectivity index (χ0v) is 12.3. The van der Waals surface area contributed by atoms with E-state index in [4.69, 9.17) is 20.4 Å². The highest BCUT2D eigenvalue weighted by Crippen LogP contribution is 2.35. The molecule has 0 spiro atoms. The molecule has 112 valence electrons. The summed E-state index contributed by atoms with van der Waals surface area (Å²) in [7, 11) is 2.25. The number of hydrogen-bond donors (Lipinski definition) is 2. The predicted molar refractivity (Wildman–Crippen MR) is 82.5 cm³/mol. The Hall–Kier alpha value is -1.53. The van der Waals surface area contributed by atoms with Gasteiger partial charge in [0.2, 0.25) is 0 Å². The van der Waals surface area contributed by atoms with Gasteiger partial charge in [0.05, 0.1) is 13.2 Å². The van der Waals surface area contributed by atoms with Crippen LogP contribution in [0.4, 0.5) is 0 Å². The van der Waals surface area contributed by atoms with Gasteiger partial charge in [-0.3, -0.25) is 0 Å². The first kappa shape index (κ1) is 14.4. The standard InChI is InChI=1S/C15H21BN2O3/c16-9-2-1-3-10-12(15-20-6-7-21-15)5-4-11(13(10)8-9)14(17)18-19/h4-5,9,15,19H,1-3,6-8,16H2,(H2,17,18). The topological polar surface area (TPSA) is 77.1 Å². The van der Waals surface area contributed by atoms with Gasteiger partial charge >= 0.3 is 0 Å². The van der Waals surface area contributed by atoms with Crippen LogP contribution in [0.15, 0.2) is 17.3 Å². The molecule has 1 aliphatic heterocycles. The molecule has 0 bridgehead atoms. The normalized spacial score (nSPS) is 23.8. The van der Waals surface area contributed by atoms with Gasteiger partial charge in [-0.1, -0.05) is 29.5 Å². The lowest BCUT2D eigenvalue weighted by Crippen LogP contribution is -2.18. The van der Waals surface area contributed by atoms with Crippen molar-refractivity contribution < 1.29 is 14.7 Å². The Bertz CT molecular complexity index is 556. The van der Waals surface area contributed by atoms with Crippen molar-refractivity contribution in [3.8, 4) is 0 Å². The molecule has 3 N–H and O–H groups in total. The number of hydrogen-bond acceptors (Lipinski definition) is 4. The molecule has 1 unspecified atom stereocenters. The highest BCUT2D eigenvalue weighted by Gasteiger charge is 2.27. The maximum Gasteiger partial charge on any atom is 0.184 e. The summed E-state index contributed by atoms with van der Waals surface area (Å²) in [6.45, 7) is 1.27. The average Bonchev–Trinajstić information content (AvgIpc) is 2.94. The van der Waals surface area contributed by atoms with Crippen molar-refractivity contribution in [2.45, 2.75) is 37.8 Å². The largest absolute Gasteiger partial charge is 0.409 e. The van der Waals surface area contributed by atoms with Crippen LogP contribution in [-0.4, -0.2) is 32.1 Å². The minimum Gasteiger partial charge on any atom is -0.409 e. The molecular formula is C15H21BN2O3. The number of benzene rings is 1. The molecular weight excluding hydrogens is 267 g/mol. The summed E-state index contributed by atoms with van der Waals surface area (Å²) in [6.07, 6.45) is 4.00. The molecule has 6 heteroatoms. The van der Waals surface area contributed by atoms with E-state index in [0.29, 0.717) is 19.0 Å². The van der Waals surface area contributed by atoms with Gasteiger partial charge in [-0.25, -0.2) is 0 Å². The van der Waals surface area contributed by atoms with Crippen LogP contribution in [0, 0.1) is 0 Å². The van der Waals surface area contributed by atoms with Crippen LogP contribution in [0.25, 0.3) is 0 Å². The molecule has 2 aliphatic rings. The zero-order valence-electron chi connectivity index (χ0n) is 12.3. The van der Waals surface area contributed by atoms with E-state index in [9.17, 15) is 0 Å². The minimum absolute atomic E-state index is 0.181. The summed E-state index contributed by atoms with van der Waals surface area (Å²) < 4.78 is 11.3. The average molecular weight is 288 g/mol. The van der Waals surface area contributed by atoms with Crippen molar-refractivity contribution in [2.24, 2.45) is 10.9 Å². The van der Waals surface area contributed by atoms with Gasteiger partial charge in [-0.2, -0.15) is 0 Å². The monoisotopic (exact) mass is 288 g/mol. The second-order valence-corrected chi connectivity index (χ2v) is 5.92. The molecule has 1 atom stereocenters. The lowest BCUT2D eigenvalue weighted by Gasteiger charge is -2.20. The first-order chi connectivity index (χ1) is 10.2. The Morgan fingerprint density at radius 1 is 1.29 bits per heavy atom. The molecule has 0 radical (unpaired) electrons. The first-order valence-corrected chi connectivity index (χ1v) is 7.56. The third-order valence-corrected chi connectivity index (χ3v) is 4.40. The molecule has 21 heavy (non-hydrogen) atoms. The van der Waals surface area contributed by atoms with E-state index >= 15 is 0 Å². The molecule has 0 amide bonds. The molecule has 1 saturated heterocycles. The number of oxime groups is 1. The summed E-state index contributed by atoms with van der Waals surface area (Å²) in [4.78, 5) is 0. The highest BCUT2D eigenvalue weighted by molar-refractivity contribution is 6.12. The Kier molecular flexibility index (Phi) is 4.17. The van der Waals surface area contributed by atoms with Crippen LogP contribution >= 0.6 is 0 Å². The van der Waals surface area contributed by atoms with E-state index in [1.54, 1.807) is 0 Å². The number of ether oxygens (including phenoxy) is 2. The molecule has 1 heterocycles. The highest BCUT2D eigenvalue weighted by atomic mass is 16.7. The lowest BCUT2D eigenvalue weighted by molar-refractivity contribution is -0.0447. The van der Waals surface area contributed by atoms with Gasteiger partial charge in [0, 0.05) is 11.1 Å². The third-order valence-electron chi connectivity index (χ3n) is 4.40. The van der Waals surface area contributed by atoms with Crippen LogP contribution in [-0.2, 0) is 22.3 Å². The van der Waals surface area contributed by atoms with E-state index < -0.39 is 0 Å². The fourth-order valence-corrected chi connectivity index (χ4v) is 3.37. The van der Waals surface area contributed by atoms with Crippen molar-refractivity contribution in [3.63, 3.8) is 0 Å². The van der Waals surface area contributed by atoms with Crippen molar-refractivity contribution in [3.05, 3.63) is 34.4 Å². The Labute approximate surface area is 125 Å². The van der Waals surface area contributed by atoms with E-state index in [-0.39, 0.29) is 12.1 Å². The van der Waals surface area contributed by atoms with Crippen molar-refractivity contribution in [2.75, 3.05) is 13.2 Å². The first-order valence-electron chi connectivity index (χ1n) is 7.56. The molecule has 5 nitrogen and oxygen atoms in total. The molecule has 1 aromatic carbocycles. The van der Waals surface area contributed by atoms with Crippen molar-refractivity contribution in [1.82, 2.24) is 0 Å². The van der Waals surface area contributed by atoms with Gasteiger partial charge in [0.15, 0.2) is 12.1 Å². The number of rotatable bonds is 2. The van der Waals surface area contributed by atoms with E-state index in [0.717, 1.165) is 30.4 Å². The van der Waals surface area contributed by atoms with E-state index in [1.165, 1.54) is 17.5 Å². The van der Waals surface area contributed by atoms with Gasteiger partial charge in [0.1, 0.15) is 7.85 Å². The van der Waals surface area contributed by atoms with Gasteiger partial charge in [-0.15, -0.1) is 0 Å². The van der Waals surface area contributed by atoms with Crippen LogP contribution in [0.1, 0.15) is 41.4 Å². The SMILES string of the molecule is BC1CCCc2c(C3OCCO3)ccc(/C(N)=N/O)c2C1. The van der Waals surface area contributed by atoms with Crippen LogP contribution in [0.5, 0.6) is 0 Å².